The van der Waals surface area contributed by atoms with Gasteiger partial charge in [-0.3, -0.25) is 4.39 Å². The first-order valence-corrected chi connectivity index (χ1v) is 9.03. The molecule has 4 aromatic rings. The molecule has 0 atom stereocenters. The van der Waals surface area contributed by atoms with Gasteiger partial charge in [0.05, 0.1) is 18.4 Å². The number of allylic oxidation sites excluding steroid dienone is 1. The van der Waals surface area contributed by atoms with E-state index in [1.165, 1.54) is 23.1 Å². The Morgan fingerprint density at radius 3 is 1.96 bits per heavy atom. The number of para-hydroxylation sites is 2. The van der Waals surface area contributed by atoms with Gasteiger partial charge >= 0.3 is 0 Å². The molecule has 0 aliphatic rings. The lowest BCUT2D eigenvalue weighted by atomic mass is 10.1. The van der Waals surface area contributed by atoms with Gasteiger partial charge in [-0.15, -0.1) is 6.58 Å². The van der Waals surface area contributed by atoms with Crippen LogP contribution in [0.3, 0.4) is 0 Å². The molecule has 0 aliphatic carbocycles. The summed E-state index contributed by atoms with van der Waals surface area (Å²) in [7, 11) is 0.500. The maximum absolute atomic E-state index is 13.3. The molecule has 0 amide bonds. The third-order valence-electron chi connectivity index (χ3n) is 4.26. The highest BCUT2D eigenvalue weighted by molar-refractivity contribution is 5.93. The van der Waals surface area contributed by atoms with Crippen LogP contribution in [0.1, 0.15) is 12.5 Å². The van der Waals surface area contributed by atoms with Crippen molar-refractivity contribution in [1.82, 2.24) is 4.57 Å². The highest BCUT2D eigenvalue weighted by Gasteiger charge is 2.16. The topological polar surface area (TPSA) is 4.93 Å². The molecule has 4 rings (SSSR count). The number of halogens is 2. The second-order valence-electron chi connectivity index (χ2n) is 6.08. The Balaban J connectivity index is 0.000000514. The fourth-order valence-electron chi connectivity index (χ4n) is 3.20. The first kappa shape index (κ1) is 21.1. The van der Waals surface area contributed by atoms with Crippen molar-refractivity contribution in [3.05, 3.63) is 103 Å². The maximum atomic E-state index is 13.3. The van der Waals surface area contributed by atoms with E-state index in [0.29, 0.717) is 7.18 Å². The molecule has 0 spiro atoms. The fraction of sp³-hybridized carbons (Fsp3) is 0.120. The van der Waals surface area contributed by atoms with Crippen LogP contribution in [0, 0.1) is 12.7 Å². The zero-order valence-electron chi connectivity index (χ0n) is 16.5. The van der Waals surface area contributed by atoms with E-state index in [4.69, 9.17) is 0 Å². The van der Waals surface area contributed by atoms with Gasteiger partial charge in [0.1, 0.15) is 5.82 Å². The fourth-order valence-corrected chi connectivity index (χ4v) is 3.20. The molecule has 0 N–H and O–H groups in total. The molecule has 0 radical (unpaired) electrons. The minimum absolute atomic E-state index is 0.214. The summed E-state index contributed by atoms with van der Waals surface area (Å²) in [6, 6.07) is 25.4. The molecule has 1 aromatic heterocycles. The Hall–Kier alpha value is -3.20. The summed E-state index contributed by atoms with van der Waals surface area (Å²) in [5.41, 5.74) is 5.60. The number of hydrogen-bond acceptors (Lipinski definition) is 0. The normalized spacial score (nSPS) is 9.75. The maximum Gasteiger partial charge on any atom is 0.123 e. The molecule has 1 nitrogen and oxygen atoms in total. The predicted octanol–water partition coefficient (Wildman–Crippen LogP) is 7.52. The van der Waals surface area contributed by atoms with Crippen LogP contribution in [-0.2, 0) is 0 Å². The van der Waals surface area contributed by atoms with Gasteiger partial charge in [0, 0.05) is 11.1 Å². The van der Waals surface area contributed by atoms with Gasteiger partial charge in [-0.1, -0.05) is 42.5 Å². The summed E-state index contributed by atoms with van der Waals surface area (Å²) in [6.45, 7) is 7.38. The number of alkyl halides is 1. The van der Waals surface area contributed by atoms with Crippen LogP contribution in [-0.4, -0.2) is 11.7 Å². The summed E-state index contributed by atoms with van der Waals surface area (Å²) in [4.78, 5) is 0. The summed E-state index contributed by atoms with van der Waals surface area (Å²) >= 11 is 0. The Labute approximate surface area is 165 Å². The van der Waals surface area contributed by atoms with E-state index < -0.39 is 0 Å². The molecule has 0 fully saturated rings. The summed E-state index contributed by atoms with van der Waals surface area (Å²) in [5.74, 6) is -0.214. The number of fused-ring (bicyclic) bond motifs is 1. The van der Waals surface area contributed by atoms with Gasteiger partial charge in [0.25, 0.3) is 0 Å². The molecule has 0 aliphatic heterocycles. The van der Waals surface area contributed by atoms with E-state index in [2.05, 4.69) is 54.5 Å². The molecular weight excluding hydrogens is 352 g/mol. The number of aryl methyl sites for hydroxylation is 1. The molecule has 0 bridgehead atoms. The van der Waals surface area contributed by atoms with Crippen molar-refractivity contribution in [2.24, 2.45) is 0 Å². The van der Waals surface area contributed by atoms with Crippen LogP contribution >= 0.6 is 0 Å². The van der Waals surface area contributed by atoms with E-state index in [-0.39, 0.29) is 5.82 Å². The third-order valence-corrected chi connectivity index (χ3v) is 4.26. The van der Waals surface area contributed by atoms with Crippen LogP contribution in [0.4, 0.5) is 8.78 Å². The zero-order chi connectivity index (χ0) is 20.5. The molecule has 3 heteroatoms. The standard InChI is InChI=1S/C21H16FN.C3H6.CH3F/c1-15-19-9-5-6-10-20(19)23(18-7-3-2-4-8-18)21(15)16-11-13-17(22)14-12-16;1-3-2;1-2/h2-14H,1H3;3H,1H2,2H3;1H3. The lowest BCUT2D eigenvalue weighted by molar-refractivity contribution is 0.628. The Morgan fingerprint density at radius 2 is 1.36 bits per heavy atom. The average molecular weight is 377 g/mol. The summed E-state index contributed by atoms with van der Waals surface area (Å²) in [5, 5.41) is 1.22. The van der Waals surface area contributed by atoms with Gasteiger partial charge in [0.2, 0.25) is 0 Å². The first-order valence-electron chi connectivity index (χ1n) is 9.03. The van der Waals surface area contributed by atoms with E-state index >= 15 is 0 Å². The zero-order valence-corrected chi connectivity index (χ0v) is 16.5. The highest BCUT2D eigenvalue weighted by atomic mass is 19.1. The molecule has 0 unspecified atom stereocenters. The minimum Gasteiger partial charge on any atom is -0.309 e. The number of benzene rings is 3. The van der Waals surface area contributed by atoms with E-state index in [1.807, 2.05) is 37.3 Å². The molecule has 144 valence electrons. The van der Waals surface area contributed by atoms with Crippen LogP contribution in [0.2, 0.25) is 0 Å². The van der Waals surface area contributed by atoms with Gasteiger partial charge in [-0.25, -0.2) is 4.39 Å². The van der Waals surface area contributed by atoms with Crippen molar-refractivity contribution < 1.29 is 8.78 Å². The average Bonchev–Trinajstić information content (AvgIpc) is 3.04. The first-order chi connectivity index (χ1) is 13.7. The number of hydrogen-bond donors (Lipinski definition) is 0. The van der Waals surface area contributed by atoms with E-state index in [0.717, 1.165) is 22.5 Å². The van der Waals surface area contributed by atoms with E-state index in [1.54, 1.807) is 6.08 Å². The molecule has 0 saturated heterocycles. The van der Waals surface area contributed by atoms with Crippen molar-refractivity contribution in [3.63, 3.8) is 0 Å². The number of rotatable bonds is 2. The van der Waals surface area contributed by atoms with Gasteiger partial charge < -0.3 is 4.57 Å². The second-order valence-corrected chi connectivity index (χ2v) is 6.08. The number of aromatic nitrogens is 1. The molecular formula is C25H25F2N. The second kappa shape index (κ2) is 10.2. The van der Waals surface area contributed by atoms with Crippen LogP contribution < -0.4 is 0 Å². The quantitative estimate of drug-likeness (QED) is 0.318. The Kier molecular flexibility index (Phi) is 7.70. The lowest BCUT2D eigenvalue weighted by Gasteiger charge is -2.12. The van der Waals surface area contributed by atoms with Crippen molar-refractivity contribution in [2.45, 2.75) is 13.8 Å². The molecule has 28 heavy (non-hydrogen) atoms. The van der Waals surface area contributed by atoms with Crippen molar-refractivity contribution >= 4 is 10.9 Å². The van der Waals surface area contributed by atoms with Crippen molar-refractivity contribution in [2.75, 3.05) is 7.18 Å². The summed E-state index contributed by atoms with van der Waals surface area (Å²) in [6.07, 6.45) is 1.75. The van der Waals surface area contributed by atoms with Crippen LogP contribution in [0.5, 0.6) is 0 Å². The smallest absolute Gasteiger partial charge is 0.123 e. The summed E-state index contributed by atoms with van der Waals surface area (Å²) < 4.78 is 25.1. The predicted molar refractivity (Wildman–Crippen MR) is 116 cm³/mol. The van der Waals surface area contributed by atoms with Gasteiger partial charge in [-0.2, -0.15) is 0 Å². The SMILES string of the molecule is C=CC.CF.Cc1c(-c2ccc(F)cc2)n(-c2ccccc2)c2ccccc12. The van der Waals surface area contributed by atoms with Crippen LogP contribution in [0.25, 0.3) is 27.8 Å². The molecule has 0 saturated carbocycles. The van der Waals surface area contributed by atoms with Gasteiger partial charge in [0.15, 0.2) is 0 Å². The van der Waals surface area contributed by atoms with Crippen molar-refractivity contribution in [3.8, 4) is 16.9 Å². The largest absolute Gasteiger partial charge is 0.309 e. The molecule has 1 heterocycles. The van der Waals surface area contributed by atoms with Crippen LogP contribution in [0.15, 0.2) is 91.5 Å². The minimum atomic E-state index is -0.214. The lowest BCUT2D eigenvalue weighted by Crippen LogP contribution is -1.97. The monoisotopic (exact) mass is 377 g/mol. The Bertz CT molecular complexity index is 1020. The highest BCUT2D eigenvalue weighted by Crippen LogP contribution is 2.35. The van der Waals surface area contributed by atoms with E-state index in [9.17, 15) is 8.78 Å². The van der Waals surface area contributed by atoms with Gasteiger partial charge in [-0.05, 0) is 67.4 Å². The third kappa shape index (κ3) is 4.37. The number of nitrogens with zero attached hydrogens (tertiary/aromatic N) is 1. The molecule has 3 aromatic carbocycles. The Morgan fingerprint density at radius 1 is 0.821 bits per heavy atom. The van der Waals surface area contributed by atoms with Crippen molar-refractivity contribution in [1.29, 1.82) is 0 Å².